The highest BCUT2D eigenvalue weighted by Gasteiger charge is 2.25. The van der Waals surface area contributed by atoms with Crippen molar-refractivity contribution in [3.63, 3.8) is 0 Å². The van der Waals surface area contributed by atoms with Crippen molar-refractivity contribution in [2.24, 2.45) is 5.92 Å². The lowest BCUT2D eigenvalue weighted by Crippen LogP contribution is -2.34. The van der Waals surface area contributed by atoms with Gasteiger partial charge in [0.15, 0.2) is 0 Å². The summed E-state index contributed by atoms with van der Waals surface area (Å²) in [6.07, 6.45) is 5.49. The maximum absolute atomic E-state index is 5.78. The van der Waals surface area contributed by atoms with Crippen molar-refractivity contribution >= 4 is 8.56 Å². The van der Waals surface area contributed by atoms with Crippen LogP contribution in [0.5, 0.6) is 0 Å². The van der Waals surface area contributed by atoms with Crippen molar-refractivity contribution in [3.8, 4) is 0 Å². The van der Waals surface area contributed by atoms with Gasteiger partial charge in [0, 0.05) is 13.7 Å². The van der Waals surface area contributed by atoms with E-state index in [-0.39, 0.29) is 0 Å². The van der Waals surface area contributed by atoms with Gasteiger partial charge in [0.25, 0.3) is 0 Å². The molecule has 0 aliphatic heterocycles. The summed E-state index contributed by atoms with van der Waals surface area (Å²) in [7, 11) is 0.00606. The quantitative estimate of drug-likeness (QED) is 0.631. The predicted molar refractivity (Wildman–Crippen MR) is 52.4 cm³/mol. The molecule has 0 amide bonds. The fraction of sp³-hybridized carbons (Fsp3) is 1.00. The lowest BCUT2D eigenvalue weighted by Gasteiger charge is -2.22. The van der Waals surface area contributed by atoms with Crippen LogP contribution in [0.25, 0.3) is 0 Å². The average Bonchev–Trinajstić information content (AvgIpc) is 2.53. The standard InChI is InChI=1S/C9H20O2Si/c1-10-12(2,3)11-8-9-6-4-5-7-9/h9H,4-8H2,1-3H3. The van der Waals surface area contributed by atoms with E-state index in [0.29, 0.717) is 0 Å². The summed E-state index contributed by atoms with van der Waals surface area (Å²) in [6, 6.07) is 0. The minimum absolute atomic E-state index is 0.812. The second-order valence-electron chi connectivity index (χ2n) is 4.07. The molecule has 2 nitrogen and oxygen atoms in total. The highest BCUT2D eigenvalue weighted by molar-refractivity contribution is 6.64. The molecule has 0 N–H and O–H groups in total. The van der Waals surface area contributed by atoms with Gasteiger partial charge in [-0.1, -0.05) is 12.8 Å². The molecule has 0 saturated heterocycles. The molecule has 1 rings (SSSR count). The lowest BCUT2D eigenvalue weighted by molar-refractivity contribution is 0.177. The van der Waals surface area contributed by atoms with Crippen molar-refractivity contribution < 1.29 is 8.85 Å². The molecule has 0 heterocycles. The Labute approximate surface area is 76.5 Å². The van der Waals surface area contributed by atoms with Gasteiger partial charge in [-0.3, -0.25) is 0 Å². The normalized spacial score (nSPS) is 20.2. The molecule has 12 heavy (non-hydrogen) atoms. The molecule has 0 aromatic rings. The van der Waals surface area contributed by atoms with Crippen LogP contribution in [0.1, 0.15) is 25.7 Å². The summed E-state index contributed by atoms with van der Waals surface area (Å²) < 4.78 is 11.1. The molecule has 72 valence electrons. The number of hydrogen-bond donors (Lipinski definition) is 0. The van der Waals surface area contributed by atoms with E-state index < -0.39 is 8.56 Å². The second-order valence-corrected chi connectivity index (χ2v) is 7.56. The van der Waals surface area contributed by atoms with Gasteiger partial charge < -0.3 is 8.85 Å². The highest BCUT2D eigenvalue weighted by Crippen LogP contribution is 2.25. The first-order valence-corrected chi connectivity index (χ1v) is 7.65. The fourth-order valence-electron chi connectivity index (χ4n) is 1.55. The Bertz CT molecular complexity index is 130. The second kappa shape index (κ2) is 4.39. The zero-order valence-corrected chi connectivity index (χ0v) is 9.43. The Balaban J connectivity index is 2.15. The van der Waals surface area contributed by atoms with E-state index in [0.717, 1.165) is 12.5 Å². The molecule has 0 bridgehead atoms. The van der Waals surface area contributed by atoms with Crippen molar-refractivity contribution in [1.29, 1.82) is 0 Å². The largest absolute Gasteiger partial charge is 0.398 e. The third-order valence-corrected chi connectivity index (χ3v) is 4.48. The monoisotopic (exact) mass is 188 g/mol. The predicted octanol–water partition coefficient (Wildman–Crippen LogP) is 2.54. The smallest absolute Gasteiger partial charge is 0.331 e. The van der Waals surface area contributed by atoms with Crippen LogP contribution < -0.4 is 0 Å². The zero-order chi connectivity index (χ0) is 9.03. The van der Waals surface area contributed by atoms with Crippen LogP contribution in [0.2, 0.25) is 13.1 Å². The van der Waals surface area contributed by atoms with Crippen molar-refractivity contribution in [1.82, 2.24) is 0 Å². The molecule has 1 aliphatic rings. The first-order valence-electron chi connectivity index (χ1n) is 4.83. The first-order chi connectivity index (χ1) is 5.64. The van der Waals surface area contributed by atoms with Crippen molar-refractivity contribution in [2.75, 3.05) is 13.7 Å². The van der Waals surface area contributed by atoms with Gasteiger partial charge in [-0.2, -0.15) is 0 Å². The summed E-state index contributed by atoms with van der Waals surface area (Å²) in [5, 5.41) is 0. The molecule has 1 aliphatic carbocycles. The van der Waals surface area contributed by atoms with Crippen LogP contribution in [-0.2, 0) is 8.85 Å². The van der Waals surface area contributed by atoms with Crippen LogP contribution in [0, 0.1) is 5.92 Å². The van der Waals surface area contributed by atoms with Gasteiger partial charge in [0.2, 0.25) is 0 Å². The van der Waals surface area contributed by atoms with Gasteiger partial charge in [0.05, 0.1) is 0 Å². The van der Waals surface area contributed by atoms with Crippen LogP contribution in [0.4, 0.5) is 0 Å². The zero-order valence-electron chi connectivity index (χ0n) is 8.43. The van der Waals surface area contributed by atoms with Gasteiger partial charge in [-0.25, -0.2) is 0 Å². The Morgan fingerprint density at radius 3 is 2.33 bits per heavy atom. The minimum Gasteiger partial charge on any atom is -0.398 e. The van der Waals surface area contributed by atoms with Gasteiger partial charge in [-0.05, 0) is 31.9 Å². The van der Waals surface area contributed by atoms with Crippen molar-refractivity contribution in [2.45, 2.75) is 38.8 Å². The van der Waals surface area contributed by atoms with Crippen LogP contribution >= 0.6 is 0 Å². The minimum atomic E-state index is -1.74. The Morgan fingerprint density at radius 2 is 1.83 bits per heavy atom. The Kier molecular flexibility index (Phi) is 3.74. The Morgan fingerprint density at radius 1 is 1.25 bits per heavy atom. The number of rotatable bonds is 4. The molecule has 1 saturated carbocycles. The summed E-state index contributed by atoms with van der Waals surface area (Å²) in [5.41, 5.74) is 0. The van der Waals surface area contributed by atoms with E-state index in [1.54, 1.807) is 7.11 Å². The van der Waals surface area contributed by atoms with Crippen LogP contribution in [0.15, 0.2) is 0 Å². The van der Waals surface area contributed by atoms with E-state index in [2.05, 4.69) is 13.1 Å². The van der Waals surface area contributed by atoms with Crippen molar-refractivity contribution in [3.05, 3.63) is 0 Å². The molecule has 0 aromatic carbocycles. The highest BCUT2D eigenvalue weighted by atomic mass is 28.4. The summed E-state index contributed by atoms with van der Waals surface area (Å²) in [6.45, 7) is 5.12. The lowest BCUT2D eigenvalue weighted by atomic mass is 10.1. The molecule has 0 radical (unpaired) electrons. The molecule has 1 fully saturated rings. The molecule has 0 aromatic heterocycles. The summed E-state index contributed by atoms with van der Waals surface area (Å²) in [4.78, 5) is 0. The van der Waals surface area contributed by atoms with E-state index in [1.807, 2.05) is 0 Å². The third-order valence-electron chi connectivity index (χ3n) is 2.63. The maximum atomic E-state index is 5.78. The summed E-state index contributed by atoms with van der Waals surface area (Å²) >= 11 is 0. The molecule has 0 spiro atoms. The molecular weight excluding hydrogens is 168 g/mol. The van der Waals surface area contributed by atoms with Gasteiger partial charge in [-0.15, -0.1) is 0 Å². The molecular formula is C9H20O2Si. The van der Waals surface area contributed by atoms with E-state index >= 15 is 0 Å². The molecule has 0 unspecified atom stereocenters. The van der Waals surface area contributed by atoms with E-state index in [9.17, 15) is 0 Å². The van der Waals surface area contributed by atoms with Crippen LogP contribution in [-0.4, -0.2) is 22.3 Å². The first kappa shape index (κ1) is 10.2. The van der Waals surface area contributed by atoms with Gasteiger partial charge in [0.1, 0.15) is 0 Å². The fourth-order valence-corrected chi connectivity index (χ4v) is 2.31. The van der Waals surface area contributed by atoms with E-state index in [4.69, 9.17) is 8.85 Å². The van der Waals surface area contributed by atoms with Gasteiger partial charge >= 0.3 is 8.56 Å². The van der Waals surface area contributed by atoms with E-state index in [1.165, 1.54) is 25.7 Å². The summed E-state index contributed by atoms with van der Waals surface area (Å²) in [5.74, 6) is 0.812. The number of hydrogen-bond acceptors (Lipinski definition) is 2. The topological polar surface area (TPSA) is 18.5 Å². The average molecular weight is 188 g/mol. The third kappa shape index (κ3) is 3.25. The maximum Gasteiger partial charge on any atom is 0.331 e. The Hall–Kier alpha value is 0.137. The molecule has 0 atom stereocenters. The van der Waals surface area contributed by atoms with Crippen LogP contribution in [0.3, 0.4) is 0 Å². The molecule has 3 heteroatoms. The SMILES string of the molecule is CO[Si](C)(C)OCC1CCCC1.